The lowest BCUT2D eigenvalue weighted by Gasteiger charge is -2.37. The van der Waals surface area contributed by atoms with Crippen LogP contribution >= 0.6 is 11.3 Å². The zero-order valence-electron chi connectivity index (χ0n) is 17.1. The van der Waals surface area contributed by atoms with E-state index >= 15 is 0 Å². The fourth-order valence-electron chi connectivity index (χ4n) is 4.38. The molecule has 1 saturated carbocycles. The summed E-state index contributed by atoms with van der Waals surface area (Å²) in [4.78, 5) is 20.1. The van der Waals surface area contributed by atoms with E-state index in [4.69, 9.17) is 0 Å². The molecule has 1 aliphatic carbocycles. The van der Waals surface area contributed by atoms with Gasteiger partial charge in [0.15, 0.2) is 5.13 Å². The van der Waals surface area contributed by atoms with E-state index in [0.29, 0.717) is 19.4 Å². The maximum absolute atomic E-state index is 13.4. The molecular weight excluding hydrogens is 420 g/mol. The van der Waals surface area contributed by atoms with Gasteiger partial charge in [-0.05, 0) is 43.9 Å². The largest absolute Gasteiger partial charge is 0.350 e. The van der Waals surface area contributed by atoms with Crippen molar-refractivity contribution in [3.63, 3.8) is 0 Å². The Bertz CT molecular complexity index is 985. The third-order valence-electron chi connectivity index (χ3n) is 5.98. The van der Waals surface area contributed by atoms with E-state index in [1.54, 1.807) is 35.7 Å². The number of thiazole rings is 1. The van der Waals surface area contributed by atoms with Gasteiger partial charge in [-0.15, -0.1) is 11.3 Å². The number of nitrogens with zero attached hydrogens (tertiary/aromatic N) is 2. The van der Waals surface area contributed by atoms with E-state index < -0.39 is 15.6 Å². The molecule has 2 aliphatic rings. The van der Waals surface area contributed by atoms with Gasteiger partial charge in [0.05, 0.1) is 4.90 Å². The number of carbonyl (C=O) groups excluding carboxylic acids is 1. The number of benzene rings is 1. The van der Waals surface area contributed by atoms with Crippen LogP contribution < -0.4 is 14.9 Å². The molecule has 1 aromatic carbocycles. The Balaban J connectivity index is 1.50. The van der Waals surface area contributed by atoms with Crippen LogP contribution in [0.3, 0.4) is 0 Å². The Morgan fingerprint density at radius 2 is 2.07 bits per heavy atom. The molecule has 1 aliphatic heterocycles. The number of amides is 1. The highest BCUT2D eigenvalue weighted by molar-refractivity contribution is 7.89. The number of carbonyl (C=O) groups is 1. The van der Waals surface area contributed by atoms with Crippen LogP contribution in [0.4, 0.5) is 5.13 Å². The molecule has 4 rings (SSSR count). The molecule has 1 amide bonds. The molecule has 1 aromatic heterocycles. The zero-order chi connectivity index (χ0) is 21.2. The Morgan fingerprint density at radius 1 is 1.27 bits per heavy atom. The fourth-order valence-corrected chi connectivity index (χ4v) is 6.58. The summed E-state index contributed by atoms with van der Waals surface area (Å²) in [5.41, 5.74) is -0.219. The van der Waals surface area contributed by atoms with Crippen molar-refractivity contribution < 1.29 is 13.2 Å². The van der Waals surface area contributed by atoms with Crippen molar-refractivity contribution >= 4 is 32.4 Å². The third-order valence-corrected chi connectivity index (χ3v) is 8.35. The number of anilines is 1. The summed E-state index contributed by atoms with van der Waals surface area (Å²) in [6.45, 7) is 3.39. The molecule has 2 N–H and O–H groups in total. The smallest absolute Gasteiger partial charge is 0.241 e. The van der Waals surface area contributed by atoms with E-state index in [0.717, 1.165) is 42.9 Å². The van der Waals surface area contributed by atoms with Crippen molar-refractivity contribution in [1.82, 2.24) is 15.0 Å². The molecule has 9 heteroatoms. The minimum atomic E-state index is -3.80. The highest BCUT2D eigenvalue weighted by Crippen LogP contribution is 2.31. The summed E-state index contributed by atoms with van der Waals surface area (Å²) in [7, 11) is -3.80. The molecule has 1 unspecified atom stereocenters. The van der Waals surface area contributed by atoms with Crippen molar-refractivity contribution in [3.8, 4) is 0 Å². The Morgan fingerprint density at radius 3 is 2.77 bits per heavy atom. The van der Waals surface area contributed by atoms with E-state index in [-0.39, 0.29) is 16.8 Å². The summed E-state index contributed by atoms with van der Waals surface area (Å²) < 4.78 is 29.0. The lowest BCUT2D eigenvalue weighted by atomic mass is 9.81. The number of hydrogen-bond acceptors (Lipinski definition) is 6. The molecule has 2 aromatic rings. The van der Waals surface area contributed by atoms with Crippen LogP contribution in [0, 0.1) is 6.92 Å². The van der Waals surface area contributed by atoms with Crippen LogP contribution in [-0.4, -0.2) is 44.0 Å². The lowest BCUT2D eigenvalue weighted by Crippen LogP contribution is -2.61. The molecular formula is C21H28N4O3S2. The van der Waals surface area contributed by atoms with E-state index in [2.05, 4.69) is 19.9 Å². The lowest BCUT2D eigenvalue weighted by molar-refractivity contribution is -0.128. The molecule has 2 heterocycles. The van der Waals surface area contributed by atoms with Crippen molar-refractivity contribution in [2.75, 3.05) is 18.0 Å². The highest BCUT2D eigenvalue weighted by Gasteiger charge is 2.44. The number of nitrogens with one attached hydrogen (secondary N) is 2. The first-order chi connectivity index (χ1) is 14.4. The van der Waals surface area contributed by atoms with Gasteiger partial charge < -0.3 is 10.2 Å². The fraction of sp³-hybridized carbons (Fsp3) is 0.524. The Kier molecular flexibility index (Phi) is 6.13. The van der Waals surface area contributed by atoms with Crippen LogP contribution in [-0.2, 0) is 14.8 Å². The zero-order valence-corrected chi connectivity index (χ0v) is 18.8. The average molecular weight is 449 g/mol. The first-order valence-electron chi connectivity index (χ1n) is 10.4. The van der Waals surface area contributed by atoms with Gasteiger partial charge in [0.1, 0.15) is 5.54 Å². The summed E-state index contributed by atoms with van der Waals surface area (Å²) in [5.74, 6) is -0.204. The third kappa shape index (κ3) is 4.53. The highest BCUT2D eigenvalue weighted by atomic mass is 32.2. The number of aromatic nitrogens is 1. The monoisotopic (exact) mass is 448 g/mol. The molecule has 2 fully saturated rings. The second-order valence-corrected chi connectivity index (χ2v) is 10.8. The maximum atomic E-state index is 13.4. The van der Waals surface area contributed by atoms with Gasteiger partial charge in [-0.1, -0.05) is 31.4 Å². The van der Waals surface area contributed by atoms with E-state index in [1.807, 2.05) is 18.4 Å². The van der Waals surface area contributed by atoms with Crippen LogP contribution in [0.25, 0.3) is 0 Å². The van der Waals surface area contributed by atoms with Gasteiger partial charge in [0.2, 0.25) is 15.9 Å². The molecule has 7 nitrogen and oxygen atoms in total. The molecule has 0 spiro atoms. The van der Waals surface area contributed by atoms with Crippen LogP contribution in [0.5, 0.6) is 0 Å². The van der Waals surface area contributed by atoms with Crippen molar-refractivity contribution in [3.05, 3.63) is 41.4 Å². The van der Waals surface area contributed by atoms with Gasteiger partial charge >= 0.3 is 0 Å². The molecule has 162 valence electrons. The topological polar surface area (TPSA) is 91.4 Å². The number of sulfonamides is 1. The normalized spacial score (nSPS) is 21.5. The minimum absolute atomic E-state index is 0.0105. The summed E-state index contributed by atoms with van der Waals surface area (Å²) in [6.07, 6.45) is 6.33. The molecule has 0 bridgehead atoms. The predicted molar refractivity (Wildman–Crippen MR) is 118 cm³/mol. The second kappa shape index (κ2) is 8.64. The second-order valence-electron chi connectivity index (χ2n) is 8.28. The van der Waals surface area contributed by atoms with Gasteiger partial charge in [-0.2, -0.15) is 4.72 Å². The van der Waals surface area contributed by atoms with Crippen molar-refractivity contribution in [1.29, 1.82) is 0 Å². The Labute approximate surface area is 181 Å². The van der Waals surface area contributed by atoms with Gasteiger partial charge in [0, 0.05) is 30.7 Å². The molecule has 30 heavy (non-hydrogen) atoms. The number of rotatable bonds is 6. The van der Waals surface area contributed by atoms with Crippen molar-refractivity contribution in [2.45, 2.75) is 61.9 Å². The summed E-state index contributed by atoms with van der Waals surface area (Å²) in [5, 5.41) is 6.04. The van der Waals surface area contributed by atoms with Gasteiger partial charge in [-0.3, -0.25) is 4.79 Å². The molecule has 1 atom stereocenters. The van der Waals surface area contributed by atoms with Crippen LogP contribution in [0.1, 0.15) is 44.1 Å². The Hall–Kier alpha value is -1.97. The average Bonchev–Trinajstić information content (AvgIpc) is 3.40. The maximum Gasteiger partial charge on any atom is 0.241 e. The quantitative estimate of drug-likeness (QED) is 0.709. The molecule has 1 saturated heterocycles. The van der Waals surface area contributed by atoms with E-state index in [9.17, 15) is 13.2 Å². The van der Waals surface area contributed by atoms with Gasteiger partial charge in [-0.25, -0.2) is 13.4 Å². The number of aryl methyl sites for hydroxylation is 1. The van der Waals surface area contributed by atoms with Gasteiger partial charge in [0.25, 0.3) is 0 Å². The number of hydrogen-bond donors (Lipinski definition) is 2. The van der Waals surface area contributed by atoms with Crippen molar-refractivity contribution in [2.24, 2.45) is 0 Å². The van der Waals surface area contributed by atoms with E-state index in [1.165, 1.54) is 0 Å². The first-order valence-corrected chi connectivity index (χ1v) is 12.8. The standard InChI is InChI=1S/C21H28N4O3S2/c1-16-6-5-7-18(14-16)30(27,28)24-21(9-3-2-4-10-21)19(26)23-17-8-12-25(15-17)20-22-11-13-29-20/h5-7,11,13-14,17,24H,2-4,8-10,12,15H2,1H3,(H,23,26). The predicted octanol–water partition coefficient (Wildman–Crippen LogP) is 2.83. The minimum Gasteiger partial charge on any atom is -0.350 e. The van der Waals surface area contributed by atoms with Crippen LogP contribution in [0.15, 0.2) is 40.7 Å². The molecule has 0 radical (unpaired) electrons. The SMILES string of the molecule is Cc1cccc(S(=O)(=O)NC2(C(=O)NC3CCN(c4nccs4)C3)CCCCC2)c1. The summed E-state index contributed by atoms with van der Waals surface area (Å²) in [6, 6.07) is 6.79. The summed E-state index contributed by atoms with van der Waals surface area (Å²) >= 11 is 1.59. The van der Waals surface area contributed by atoms with Crippen LogP contribution in [0.2, 0.25) is 0 Å². The first kappa shape index (κ1) is 21.3.